The Morgan fingerprint density at radius 2 is 1.85 bits per heavy atom. The molecule has 0 atom stereocenters. The third kappa shape index (κ3) is 9.12. The lowest BCUT2D eigenvalue weighted by atomic mass is 9.83. The molecule has 1 aliphatic heterocycles. The Hall–Kier alpha value is -1.27. The molecule has 0 spiro atoms. The summed E-state index contributed by atoms with van der Waals surface area (Å²) in [6, 6.07) is 6.77. The van der Waals surface area contributed by atoms with E-state index in [2.05, 4.69) is 63.5 Å². The number of halogens is 1. The number of nitrogens with zero attached hydrogens (tertiary/aromatic N) is 1. The summed E-state index contributed by atoms with van der Waals surface area (Å²) in [6.07, 6.45) is 11.3. The fraction of sp³-hybridized carbons (Fsp3) is 0.741. The van der Waals surface area contributed by atoms with Gasteiger partial charge < -0.3 is 20.3 Å². The number of hydrogen-bond acceptors (Lipinski definition) is 3. The number of benzene rings is 1. The van der Waals surface area contributed by atoms with Crippen molar-refractivity contribution in [2.75, 3.05) is 26.2 Å². The van der Waals surface area contributed by atoms with Crippen LogP contribution in [0.4, 0.5) is 4.79 Å². The minimum absolute atomic E-state index is 0.00620. The molecule has 186 valence electrons. The molecule has 0 bridgehead atoms. The highest BCUT2D eigenvalue weighted by Crippen LogP contribution is 2.30. The van der Waals surface area contributed by atoms with Crippen LogP contribution in [0.2, 0.25) is 0 Å². The molecule has 1 saturated heterocycles. The van der Waals surface area contributed by atoms with Crippen LogP contribution in [0, 0.1) is 11.8 Å². The first kappa shape index (κ1) is 26.3. The molecule has 1 saturated carbocycles. The van der Waals surface area contributed by atoms with Gasteiger partial charge in [0.25, 0.3) is 0 Å². The number of carbonyl (C=O) groups excluding carboxylic acids is 1. The van der Waals surface area contributed by atoms with Crippen LogP contribution in [0.3, 0.4) is 0 Å². The Morgan fingerprint density at radius 3 is 2.52 bits per heavy atom. The van der Waals surface area contributed by atoms with Gasteiger partial charge in [0, 0.05) is 17.1 Å². The summed E-state index contributed by atoms with van der Waals surface area (Å²) in [5.74, 6) is 2.58. The second-order valence-electron chi connectivity index (χ2n) is 10.3. The van der Waals surface area contributed by atoms with Crippen molar-refractivity contribution in [1.29, 1.82) is 0 Å². The van der Waals surface area contributed by atoms with E-state index in [1.54, 1.807) is 0 Å². The molecule has 2 fully saturated rings. The average Bonchev–Trinajstić information content (AvgIpc) is 2.78. The first-order valence-electron chi connectivity index (χ1n) is 13.1. The van der Waals surface area contributed by atoms with Gasteiger partial charge in [0.15, 0.2) is 0 Å². The summed E-state index contributed by atoms with van der Waals surface area (Å²) in [4.78, 5) is 14.4. The fourth-order valence-electron chi connectivity index (χ4n) is 5.37. The number of piperidine rings is 1. The Morgan fingerprint density at radius 1 is 1.12 bits per heavy atom. The molecule has 33 heavy (non-hydrogen) atoms. The minimum Gasteiger partial charge on any atom is -0.491 e. The smallest absolute Gasteiger partial charge is 0.314 e. The topological polar surface area (TPSA) is 53.6 Å². The van der Waals surface area contributed by atoms with Gasteiger partial charge in [-0.2, -0.15) is 0 Å². The zero-order valence-corrected chi connectivity index (χ0v) is 22.5. The lowest BCUT2D eigenvalue weighted by molar-refractivity contribution is 0.174. The van der Waals surface area contributed by atoms with Crippen LogP contribution >= 0.6 is 15.9 Å². The first-order valence-corrected chi connectivity index (χ1v) is 13.9. The highest BCUT2D eigenvalue weighted by Gasteiger charge is 2.23. The molecule has 1 aromatic rings. The predicted molar refractivity (Wildman–Crippen MR) is 140 cm³/mol. The van der Waals surface area contributed by atoms with Gasteiger partial charge >= 0.3 is 6.03 Å². The summed E-state index contributed by atoms with van der Waals surface area (Å²) in [5.41, 5.74) is 1.38. The summed E-state index contributed by atoms with van der Waals surface area (Å²) < 4.78 is 7.10. The maximum Gasteiger partial charge on any atom is 0.314 e. The number of nitrogens with one attached hydrogen (secondary N) is 2. The molecule has 1 aliphatic carbocycles. The van der Waals surface area contributed by atoms with Crippen molar-refractivity contribution in [1.82, 2.24) is 15.5 Å². The molecule has 0 unspecified atom stereocenters. The van der Waals surface area contributed by atoms with Crippen LogP contribution in [-0.4, -0.2) is 49.3 Å². The molecular weight excluding hydrogens is 478 g/mol. The zero-order chi connectivity index (χ0) is 23.6. The van der Waals surface area contributed by atoms with E-state index in [-0.39, 0.29) is 12.1 Å². The third-order valence-corrected chi connectivity index (χ3v) is 7.98. The van der Waals surface area contributed by atoms with E-state index in [9.17, 15) is 4.79 Å². The van der Waals surface area contributed by atoms with Crippen LogP contribution in [-0.2, 0) is 6.42 Å². The van der Waals surface area contributed by atoms with Gasteiger partial charge in [-0.3, -0.25) is 0 Å². The molecule has 6 heteroatoms. The van der Waals surface area contributed by atoms with Crippen LogP contribution < -0.4 is 15.4 Å². The van der Waals surface area contributed by atoms with Crippen molar-refractivity contribution >= 4 is 22.0 Å². The van der Waals surface area contributed by atoms with Crippen molar-refractivity contribution in [2.45, 2.75) is 90.7 Å². The lowest BCUT2D eigenvalue weighted by Crippen LogP contribution is -2.43. The molecule has 2 amide bonds. The number of rotatable bonds is 10. The van der Waals surface area contributed by atoms with E-state index in [1.807, 2.05) is 6.92 Å². The first-order chi connectivity index (χ1) is 15.9. The van der Waals surface area contributed by atoms with E-state index in [4.69, 9.17) is 4.74 Å². The average molecular weight is 523 g/mol. The maximum atomic E-state index is 11.7. The zero-order valence-electron chi connectivity index (χ0n) is 20.9. The molecule has 0 aromatic heterocycles. The molecule has 2 aliphatic rings. The number of likely N-dealkylation sites (tertiary alicyclic amines) is 1. The van der Waals surface area contributed by atoms with E-state index in [0.29, 0.717) is 12.6 Å². The van der Waals surface area contributed by atoms with Gasteiger partial charge in [0.2, 0.25) is 0 Å². The van der Waals surface area contributed by atoms with Gasteiger partial charge in [-0.15, -0.1) is 0 Å². The Labute approximate surface area is 209 Å². The second kappa shape index (κ2) is 13.6. The van der Waals surface area contributed by atoms with E-state index in [1.165, 1.54) is 68.2 Å². The monoisotopic (exact) mass is 521 g/mol. The highest BCUT2D eigenvalue weighted by atomic mass is 79.9. The van der Waals surface area contributed by atoms with Crippen LogP contribution in [0.5, 0.6) is 5.75 Å². The molecule has 1 aromatic carbocycles. The maximum absolute atomic E-state index is 11.7. The van der Waals surface area contributed by atoms with Gasteiger partial charge in [-0.25, -0.2) is 4.79 Å². The Kier molecular flexibility index (Phi) is 10.8. The van der Waals surface area contributed by atoms with Crippen LogP contribution in [0.1, 0.15) is 77.7 Å². The number of urea groups is 1. The van der Waals surface area contributed by atoms with E-state index in [0.717, 1.165) is 36.8 Å². The highest BCUT2D eigenvalue weighted by molar-refractivity contribution is 9.10. The van der Waals surface area contributed by atoms with E-state index >= 15 is 0 Å². The summed E-state index contributed by atoms with van der Waals surface area (Å²) >= 11 is 3.74. The fourth-order valence-corrected chi connectivity index (χ4v) is 5.78. The van der Waals surface area contributed by atoms with E-state index < -0.39 is 0 Å². The molecular formula is C27H44BrN3O2. The van der Waals surface area contributed by atoms with Crippen LogP contribution in [0.25, 0.3) is 0 Å². The Bertz CT molecular complexity index is 726. The summed E-state index contributed by atoms with van der Waals surface area (Å²) in [6.45, 7) is 10.5. The van der Waals surface area contributed by atoms with Crippen molar-refractivity contribution in [3.8, 4) is 5.75 Å². The number of carbonyl (C=O) groups is 1. The number of hydrogen-bond donors (Lipinski definition) is 2. The van der Waals surface area contributed by atoms with Gasteiger partial charge in [-0.05, 0) is 134 Å². The quantitative estimate of drug-likeness (QED) is 0.388. The normalized spacial score (nSPS) is 22.3. The molecule has 5 nitrogen and oxygen atoms in total. The van der Waals surface area contributed by atoms with Crippen LogP contribution in [0.15, 0.2) is 22.7 Å². The SMILES string of the molecule is CCNC(=O)N[C@H]1CC[C@H](CCCN2CCC(Cc3cc(OC(C)C)ccc3Br)CC2)CC1. The molecule has 0 radical (unpaired) electrons. The summed E-state index contributed by atoms with van der Waals surface area (Å²) in [5, 5.41) is 5.96. The number of amides is 2. The molecule has 2 N–H and O–H groups in total. The van der Waals surface area contributed by atoms with Crippen molar-refractivity contribution in [3.63, 3.8) is 0 Å². The van der Waals surface area contributed by atoms with Crippen molar-refractivity contribution < 1.29 is 9.53 Å². The lowest BCUT2D eigenvalue weighted by Gasteiger charge is -2.33. The second-order valence-corrected chi connectivity index (χ2v) is 11.1. The number of ether oxygens (including phenoxy) is 1. The van der Waals surface area contributed by atoms with Crippen molar-refractivity contribution in [3.05, 3.63) is 28.2 Å². The van der Waals surface area contributed by atoms with Gasteiger partial charge in [0.1, 0.15) is 5.75 Å². The Balaban J connectivity index is 1.30. The molecule has 1 heterocycles. The van der Waals surface area contributed by atoms with Gasteiger partial charge in [0.05, 0.1) is 6.10 Å². The van der Waals surface area contributed by atoms with Gasteiger partial charge in [-0.1, -0.05) is 15.9 Å². The largest absolute Gasteiger partial charge is 0.491 e. The van der Waals surface area contributed by atoms with Crippen molar-refractivity contribution in [2.24, 2.45) is 11.8 Å². The summed E-state index contributed by atoms with van der Waals surface area (Å²) in [7, 11) is 0. The third-order valence-electron chi connectivity index (χ3n) is 7.21. The standard InChI is InChI=1S/C27H44BrN3O2/c1-4-29-27(32)30-24-9-7-21(8-10-24)6-5-15-31-16-13-22(14-17-31)18-23-19-25(33-20(2)3)11-12-26(23)28/h11-12,19-22,24H,4-10,13-18H2,1-3H3,(H2,29,30,32)/t21-,24-. The minimum atomic E-state index is -0.00620. The predicted octanol–water partition coefficient (Wildman–Crippen LogP) is 6.15. The molecule has 3 rings (SSSR count).